The number of hydrogen-bond donors (Lipinski definition) is 2. The molecule has 5 rings (SSSR count). The Morgan fingerprint density at radius 2 is 1.94 bits per heavy atom. The smallest absolute Gasteiger partial charge is 0.253 e. The molecule has 1 amide bonds. The highest BCUT2D eigenvalue weighted by Crippen LogP contribution is 2.36. The van der Waals surface area contributed by atoms with E-state index in [0.29, 0.717) is 24.0 Å². The van der Waals surface area contributed by atoms with Gasteiger partial charge in [-0.25, -0.2) is 14.6 Å². The van der Waals surface area contributed by atoms with Gasteiger partial charge in [0.25, 0.3) is 5.91 Å². The van der Waals surface area contributed by atoms with Gasteiger partial charge < -0.3 is 11.1 Å². The molecule has 1 aliphatic carbocycles. The van der Waals surface area contributed by atoms with E-state index in [0.717, 1.165) is 46.3 Å². The van der Waals surface area contributed by atoms with E-state index < -0.39 is 0 Å². The summed E-state index contributed by atoms with van der Waals surface area (Å²) in [6, 6.07) is 10.2. The molecular weight excluding hydrogens is 402 g/mol. The topological polar surface area (TPSA) is 112 Å². The zero-order chi connectivity index (χ0) is 22.1. The second kappa shape index (κ2) is 8.37. The van der Waals surface area contributed by atoms with Gasteiger partial charge in [0.15, 0.2) is 5.65 Å². The van der Waals surface area contributed by atoms with Crippen LogP contribution in [0.5, 0.6) is 0 Å². The highest BCUT2D eigenvalue weighted by Gasteiger charge is 2.24. The average Bonchev–Trinajstić information content (AvgIpc) is 3.47. The Morgan fingerprint density at radius 3 is 2.69 bits per heavy atom. The first-order chi connectivity index (χ1) is 15.6. The Bertz CT molecular complexity index is 1270. The maximum Gasteiger partial charge on any atom is 0.253 e. The lowest BCUT2D eigenvalue weighted by molar-refractivity contribution is 0.0950. The summed E-state index contributed by atoms with van der Waals surface area (Å²) >= 11 is 0. The predicted octanol–water partition coefficient (Wildman–Crippen LogP) is 3.82. The fraction of sp³-hybridized carbons (Fsp3) is 0.292. The SMILES string of the molecule is Cc1ccncc1C(=O)NCc1ccc(-c2nn(C3CCCC3)c3ncnc(N)c23)cc1. The van der Waals surface area contributed by atoms with Gasteiger partial charge in [-0.15, -0.1) is 0 Å². The first kappa shape index (κ1) is 20.1. The van der Waals surface area contributed by atoms with Gasteiger partial charge in [-0.05, 0) is 37.0 Å². The third kappa shape index (κ3) is 3.68. The first-order valence-electron chi connectivity index (χ1n) is 10.9. The lowest BCUT2D eigenvalue weighted by Gasteiger charge is -2.10. The fourth-order valence-corrected chi connectivity index (χ4v) is 4.36. The minimum absolute atomic E-state index is 0.133. The number of nitrogen functional groups attached to an aromatic ring is 1. The number of fused-ring (bicyclic) bond motifs is 1. The third-order valence-corrected chi connectivity index (χ3v) is 6.15. The van der Waals surface area contributed by atoms with E-state index in [4.69, 9.17) is 10.8 Å². The van der Waals surface area contributed by atoms with Crippen LogP contribution in [0.2, 0.25) is 0 Å². The Labute approximate surface area is 185 Å². The van der Waals surface area contributed by atoms with Gasteiger partial charge in [0, 0.05) is 24.5 Å². The van der Waals surface area contributed by atoms with Gasteiger partial charge in [0.05, 0.1) is 17.0 Å². The highest BCUT2D eigenvalue weighted by molar-refractivity contribution is 5.98. The largest absolute Gasteiger partial charge is 0.383 e. The summed E-state index contributed by atoms with van der Waals surface area (Å²) in [6.07, 6.45) is 9.41. The molecule has 0 radical (unpaired) electrons. The van der Waals surface area contributed by atoms with Crippen LogP contribution in [0.4, 0.5) is 5.82 Å². The molecule has 8 nitrogen and oxygen atoms in total. The summed E-state index contributed by atoms with van der Waals surface area (Å²) in [5, 5.41) is 8.67. The maximum atomic E-state index is 12.4. The summed E-state index contributed by atoms with van der Waals surface area (Å²) in [7, 11) is 0. The molecule has 0 bridgehead atoms. The number of nitrogens with two attached hydrogens (primary N) is 1. The van der Waals surface area contributed by atoms with Crippen LogP contribution in [0.3, 0.4) is 0 Å². The van der Waals surface area contributed by atoms with Crippen LogP contribution in [-0.2, 0) is 6.54 Å². The number of amides is 1. The van der Waals surface area contributed by atoms with E-state index in [1.165, 1.54) is 19.2 Å². The van der Waals surface area contributed by atoms with Crippen molar-refractivity contribution in [3.63, 3.8) is 0 Å². The van der Waals surface area contributed by atoms with Crippen LogP contribution in [0.1, 0.15) is 53.2 Å². The Morgan fingerprint density at radius 1 is 1.16 bits per heavy atom. The summed E-state index contributed by atoms with van der Waals surface area (Å²) in [5.74, 6) is 0.309. The maximum absolute atomic E-state index is 12.4. The number of carbonyl (C=O) groups is 1. The quantitative estimate of drug-likeness (QED) is 0.501. The van der Waals surface area contributed by atoms with E-state index in [1.54, 1.807) is 12.4 Å². The Kier molecular flexibility index (Phi) is 5.26. The number of aryl methyl sites for hydroxylation is 1. The molecule has 0 saturated heterocycles. The fourth-order valence-electron chi connectivity index (χ4n) is 4.36. The van der Waals surface area contributed by atoms with Gasteiger partial charge in [0.2, 0.25) is 0 Å². The molecule has 0 aliphatic heterocycles. The van der Waals surface area contributed by atoms with E-state index in [-0.39, 0.29) is 5.91 Å². The summed E-state index contributed by atoms with van der Waals surface area (Å²) in [4.78, 5) is 25.2. The summed E-state index contributed by atoms with van der Waals surface area (Å²) in [6.45, 7) is 2.33. The molecule has 0 unspecified atom stereocenters. The molecule has 3 N–H and O–H groups in total. The zero-order valence-corrected chi connectivity index (χ0v) is 18.0. The third-order valence-electron chi connectivity index (χ3n) is 6.15. The molecule has 32 heavy (non-hydrogen) atoms. The number of anilines is 1. The monoisotopic (exact) mass is 427 g/mol. The molecule has 3 heterocycles. The van der Waals surface area contributed by atoms with Crippen molar-refractivity contribution < 1.29 is 4.79 Å². The van der Waals surface area contributed by atoms with Gasteiger partial charge in [-0.1, -0.05) is 37.1 Å². The lowest BCUT2D eigenvalue weighted by atomic mass is 10.1. The van der Waals surface area contributed by atoms with Crippen molar-refractivity contribution in [1.29, 1.82) is 0 Å². The number of benzene rings is 1. The predicted molar refractivity (Wildman–Crippen MR) is 123 cm³/mol. The van der Waals surface area contributed by atoms with Crippen molar-refractivity contribution in [1.82, 2.24) is 30.0 Å². The minimum Gasteiger partial charge on any atom is -0.383 e. The van der Waals surface area contributed by atoms with E-state index >= 15 is 0 Å². The van der Waals surface area contributed by atoms with Crippen molar-refractivity contribution in [2.75, 3.05) is 5.73 Å². The molecule has 0 spiro atoms. The normalized spacial score (nSPS) is 14.2. The number of hydrogen-bond acceptors (Lipinski definition) is 6. The molecule has 3 aromatic heterocycles. The van der Waals surface area contributed by atoms with Crippen LogP contribution in [0.15, 0.2) is 49.1 Å². The number of rotatable bonds is 5. The van der Waals surface area contributed by atoms with Crippen molar-refractivity contribution >= 4 is 22.8 Å². The summed E-state index contributed by atoms with van der Waals surface area (Å²) in [5.41, 5.74) is 11.2. The number of aromatic nitrogens is 5. The molecule has 1 aromatic carbocycles. The number of carbonyl (C=O) groups excluding carboxylic acids is 1. The standard InChI is InChI=1S/C24H25N7O/c1-15-10-11-26-13-19(15)24(32)27-12-16-6-8-17(9-7-16)21-20-22(25)28-14-29-23(20)31(30-21)18-4-2-3-5-18/h6-11,13-14,18H,2-5,12H2,1H3,(H,27,32)(H2,25,28,29). The lowest BCUT2D eigenvalue weighted by Crippen LogP contribution is -2.23. The van der Waals surface area contributed by atoms with Crippen LogP contribution in [0.25, 0.3) is 22.3 Å². The van der Waals surface area contributed by atoms with E-state index in [9.17, 15) is 4.79 Å². The van der Waals surface area contributed by atoms with Crippen molar-refractivity contribution in [2.24, 2.45) is 0 Å². The Balaban J connectivity index is 1.39. The zero-order valence-electron chi connectivity index (χ0n) is 18.0. The summed E-state index contributed by atoms with van der Waals surface area (Å²) < 4.78 is 2.03. The van der Waals surface area contributed by atoms with Gasteiger partial charge in [0.1, 0.15) is 17.8 Å². The van der Waals surface area contributed by atoms with Crippen LogP contribution in [-0.4, -0.2) is 30.6 Å². The molecule has 4 aromatic rings. The number of nitrogens with zero attached hydrogens (tertiary/aromatic N) is 5. The van der Waals surface area contributed by atoms with Gasteiger partial charge in [-0.2, -0.15) is 5.10 Å². The first-order valence-corrected chi connectivity index (χ1v) is 10.9. The highest BCUT2D eigenvalue weighted by atomic mass is 16.1. The number of pyridine rings is 1. The van der Waals surface area contributed by atoms with E-state index in [2.05, 4.69) is 20.3 Å². The second-order valence-corrected chi connectivity index (χ2v) is 8.26. The average molecular weight is 428 g/mol. The molecule has 8 heteroatoms. The molecule has 162 valence electrons. The van der Waals surface area contributed by atoms with Crippen molar-refractivity contribution in [2.45, 2.75) is 45.2 Å². The van der Waals surface area contributed by atoms with Crippen molar-refractivity contribution in [3.8, 4) is 11.3 Å². The van der Waals surface area contributed by atoms with E-state index in [1.807, 2.05) is 41.9 Å². The molecule has 1 aliphatic rings. The van der Waals surface area contributed by atoms with Gasteiger partial charge >= 0.3 is 0 Å². The van der Waals surface area contributed by atoms with Crippen LogP contribution < -0.4 is 11.1 Å². The van der Waals surface area contributed by atoms with Gasteiger partial charge in [-0.3, -0.25) is 9.78 Å². The minimum atomic E-state index is -0.133. The molecule has 1 fully saturated rings. The Hall–Kier alpha value is -3.81. The molecule has 0 atom stereocenters. The van der Waals surface area contributed by atoms with Crippen LogP contribution >= 0.6 is 0 Å². The molecule has 1 saturated carbocycles. The van der Waals surface area contributed by atoms with Crippen molar-refractivity contribution in [3.05, 3.63) is 65.7 Å². The number of nitrogens with one attached hydrogen (secondary N) is 1. The van der Waals surface area contributed by atoms with Crippen LogP contribution in [0, 0.1) is 6.92 Å². The molecular formula is C24H25N7O. The second-order valence-electron chi connectivity index (χ2n) is 8.26.